The van der Waals surface area contributed by atoms with Crippen molar-refractivity contribution in [3.8, 4) is 11.5 Å². The molecule has 2 fully saturated rings. The Labute approximate surface area is 194 Å². The first-order valence-electron chi connectivity index (χ1n) is 9.64. The number of hydrogen-bond acceptors (Lipinski definition) is 6. The maximum absolute atomic E-state index is 13.7. The van der Waals surface area contributed by atoms with Crippen molar-refractivity contribution in [2.24, 2.45) is 4.99 Å². The van der Waals surface area contributed by atoms with Crippen LogP contribution in [0, 0.1) is 5.82 Å². The van der Waals surface area contributed by atoms with Crippen LogP contribution < -0.4 is 14.4 Å². The van der Waals surface area contributed by atoms with Gasteiger partial charge in [-0.25, -0.2) is 12.8 Å². The van der Waals surface area contributed by atoms with E-state index >= 15 is 0 Å². The number of fused-ring (bicyclic) bond motifs is 1. The number of benzene rings is 2. The Morgan fingerprint density at radius 2 is 1.94 bits per heavy atom. The molecule has 2 saturated heterocycles. The monoisotopic (exact) mass is 498 g/mol. The third-order valence-electron chi connectivity index (χ3n) is 5.27. The number of aliphatic imine (C=N–C) groups is 1. The Hall–Kier alpha value is -2.30. The van der Waals surface area contributed by atoms with Crippen molar-refractivity contribution in [2.45, 2.75) is 17.7 Å². The Kier molecular flexibility index (Phi) is 6.37. The summed E-state index contributed by atoms with van der Waals surface area (Å²) in [7, 11) is -0.176. The molecule has 0 N–H and O–H groups in total. The normalized spacial score (nSPS) is 22.8. The van der Waals surface area contributed by atoms with Crippen molar-refractivity contribution in [1.29, 1.82) is 0 Å². The van der Waals surface area contributed by atoms with Gasteiger partial charge in [-0.3, -0.25) is 4.79 Å². The summed E-state index contributed by atoms with van der Waals surface area (Å²) in [5.74, 6) is -0.00134. The van der Waals surface area contributed by atoms with Crippen molar-refractivity contribution in [3.63, 3.8) is 0 Å². The molecule has 4 rings (SSSR count). The topological polar surface area (TPSA) is 85.3 Å². The minimum Gasteiger partial charge on any atom is -0.493 e. The standard InChI is InChI=1S/C21H20ClFN2O5S2/c1-29-17-6-3-12(7-18(17)30-2)8-20(26)24-21-25(13-4-5-15(23)14(22)9-13)16-10-32(27,28)11-19(16)31-21/h3-7,9,16,19H,8,10-11H2,1-2H3. The molecule has 2 heterocycles. The molecule has 0 aliphatic carbocycles. The molecule has 0 spiro atoms. The minimum absolute atomic E-state index is 0.00332. The number of nitrogens with zero attached hydrogens (tertiary/aromatic N) is 2. The predicted molar refractivity (Wildman–Crippen MR) is 123 cm³/mol. The minimum atomic E-state index is -3.21. The van der Waals surface area contributed by atoms with Crippen molar-refractivity contribution < 1.29 is 27.1 Å². The van der Waals surface area contributed by atoms with Crippen LogP contribution in [-0.2, 0) is 21.1 Å². The first kappa shape index (κ1) is 22.9. The highest BCUT2D eigenvalue weighted by atomic mass is 35.5. The van der Waals surface area contributed by atoms with E-state index < -0.39 is 27.6 Å². The van der Waals surface area contributed by atoms with Gasteiger partial charge < -0.3 is 14.4 Å². The number of anilines is 1. The molecule has 7 nitrogen and oxygen atoms in total. The zero-order valence-corrected chi connectivity index (χ0v) is 19.6. The van der Waals surface area contributed by atoms with E-state index in [-0.39, 0.29) is 28.2 Å². The van der Waals surface area contributed by atoms with Gasteiger partial charge in [0, 0.05) is 10.9 Å². The SMILES string of the molecule is COc1ccc(CC(=O)N=C2SC3CS(=O)(=O)CC3N2c2ccc(F)c(Cl)c2)cc1OC. The first-order chi connectivity index (χ1) is 15.2. The van der Waals surface area contributed by atoms with Gasteiger partial charge in [-0.1, -0.05) is 29.4 Å². The molecular formula is C21H20ClFN2O5S2. The van der Waals surface area contributed by atoms with Crippen LogP contribution in [0.25, 0.3) is 0 Å². The van der Waals surface area contributed by atoms with Gasteiger partial charge in [0.05, 0.1) is 43.2 Å². The Morgan fingerprint density at radius 3 is 2.62 bits per heavy atom. The zero-order chi connectivity index (χ0) is 23.0. The van der Waals surface area contributed by atoms with E-state index in [4.69, 9.17) is 21.1 Å². The maximum atomic E-state index is 13.7. The van der Waals surface area contributed by atoms with Gasteiger partial charge >= 0.3 is 0 Å². The maximum Gasteiger partial charge on any atom is 0.252 e. The summed E-state index contributed by atoms with van der Waals surface area (Å²) >= 11 is 7.19. The average molecular weight is 499 g/mol. The molecule has 2 aliphatic heterocycles. The van der Waals surface area contributed by atoms with Gasteiger partial charge in [0.25, 0.3) is 5.91 Å². The number of rotatable bonds is 5. The number of carbonyl (C=O) groups excluding carboxylic acids is 1. The van der Waals surface area contributed by atoms with Crippen molar-refractivity contribution in [2.75, 3.05) is 30.6 Å². The number of carbonyl (C=O) groups is 1. The van der Waals surface area contributed by atoms with Crippen LogP contribution in [0.5, 0.6) is 11.5 Å². The van der Waals surface area contributed by atoms with Crippen molar-refractivity contribution in [3.05, 3.63) is 52.8 Å². The summed E-state index contributed by atoms with van der Waals surface area (Å²) < 4.78 is 48.5. The summed E-state index contributed by atoms with van der Waals surface area (Å²) in [6.07, 6.45) is 0.0239. The van der Waals surface area contributed by atoms with E-state index in [9.17, 15) is 17.6 Å². The third-order valence-corrected chi connectivity index (χ3v) is 8.77. The molecule has 2 atom stereocenters. The smallest absolute Gasteiger partial charge is 0.252 e. The van der Waals surface area contributed by atoms with Gasteiger partial charge in [-0.2, -0.15) is 4.99 Å². The van der Waals surface area contributed by atoms with E-state index in [0.717, 1.165) is 0 Å². The summed E-state index contributed by atoms with van der Waals surface area (Å²) in [6, 6.07) is 8.89. The highest BCUT2D eigenvalue weighted by Crippen LogP contribution is 2.41. The summed E-state index contributed by atoms with van der Waals surface area (Å²) in [5.41, 5.74) is 1.19. The van der Waals surface area contributed by atoms with E-state index in [1.165, 1.54) is 44.2 Å². The van der Waals surface area contributed by atoms with Gasteiger partial charge in [0.2, 0.25) is 0 Å². The molecule has 32 heavy (non-hydrogen) atoms. The second-order valence-corrected chi connectivity index (χ2v) is 11.2. The third kappa shape index (κ3) is 4.57. The molecule has 2 aromatic carbocycles. The van der Waals surface area contributed by atoms with Gasteiger partial charge in [0.15, 0.2) is 26.5 Å². The predicted octanol–water partition coefficient (Wildman–Crippen LogP) is 3.34. The first-order valence-corrected chi connectivity index (χ1v) is 12.7. The zero-order valence-electron chi connectivity index (χ0n) is 17.2. The summed E-state index contributed by atoms with van der Waals surface area (Å²) in [6.45, 7) is 0. The number of ether oxygens (including phenoxy) is 2. The second kappa shape index (κ2) is 8.92. The van der Waals surface area contributed by atoms with Gasteiger partial charge in [-0.05, 0) is 35.9 Å². The molecule has 1 amide bonds. The van der Waals surface area contributed by atoms with Crippen LogP contribution in [-0.4, -0.2) is 56.5 Å². The molecule has 0 saturated carbocycles. The van der Waals surface area contributed by atoms with Crippen molar-refractivity contribution in [1.82, 2.24) is 0 Å². The molecular weight excluding hydrogens is 479 g/mol. The summed E-state index contributed by atoms with van der Waals surface area (Å²) in [5, 5.41) is 0.0207. The van der Waals surface area contributed by atoms with E-state index in [0.29, 0.717) is 27.9 Å². The quantitative estimate of drug-likeness (QED) is 0.625. The fourth-order valence-corrected chi connectivity index (χ4v) is 7.92. The van der Waals surface area contributed by atoms with Crippen LogP contribution in [0.4, 0.5) is 10.1 Å². The number of halogens is 2. The van der Waals surface area contributed by atoms with E-state index in [1.54, 1.807) is 23.1 Å². The molecule has 2 aliphatic rings. The molecule has 170 valence electrons. The lowest BCUT2D eigenvalue weighted by atomic mass is 10.1. The molecule has 2 aromatic rings. The highest BCUT2D eigenvalue weighted by Gasteiger charge is 2.49. The number of amides is 1. The van der Waals surface area contributed by atoms with Crippen LogP contribution in [0.15, 0.2) is 41.4 Å². The van der Waals surface area contributed by atoms with Crippen molar-refractivity contribution >= 4 is 50.0 Å². The lowest BCUT2D eigenvalue weighted by Crippen LogP contribution is -2.37. The highest BCUT2D eigenvalue weighted by molar-refractivity contribution is 8.16. The average Bonchev–Trinajstić information content (AvgIpc) is 3.20. The van der Waals surface area contributed by atoms with Crippen LogP contribution in [0.1, 0.15) is 5.56 Å². The van der Waals surface area contributed by atoms with E-state index in [2.05, 4.69) is 4.99 Å². The Morgan fingerprint density at radius 1 is 1.19 bits per heavy atom. The molecule has 11 heteroatoms. The molecule has 0 radical (unpaired) electrons. The van der Waals surface area contributed by atoms with Crippen LogP contribution in [0.2, 0.25) is 5.02 Å². The van der Waals surface area contributed by atoms with E-state index in [1.807, 2.05) is 0 Å². The molecule has 2 unspecified atom stereocenters. The largest absolute Gasteiger partial charge is 0.493 e. The fraction of sp³-hybridized carbons (Fsp3) is 0.333. The number of amidine groups is 1. The molecule has 0 bridgehead atoms. The lowest BCUT2D eigenvalue weighted by molar-refractivity contribution is -0.117. The fourth-order valence-electron chi connectivity index (χ4n) is 3.81. The number of methoxy groups -OCH3 is 2. The Bertz CT molecular complexity index is 1200. The summed E-state index contributed by atoms with van der Waals surface area (Å²) in [4.78, 5) is 18.7. The second-order valence-electron chi connectivity index (χ2n) is 7.42. The van der Waals surface area contributed by atoms with Gasteiger partial charge in [-0.15, -0.1) is 0 Å². The van der Waals surface area contributed by atoms with Crippen LogP contribution >= 0.6 is 23.4 Å². The number of thioether (sulfide) groups is 1. The van der Waals surface area contributed by atoms with Crippen LogP contribution in [0.3, 0.4) is 0 Å². The lowest BCUT2D eigenvalue weighted by Gasteiger charge is -2.24. The molecule has 0 aromatic heterocycles. The Balaban J connectivity index is 1.63. The number of hydrogen-bond donors (Lipinski definition) is 0. The van der Waals surface area contributed by atoms with Gasteiger partial charge in [0.1, 0.15) is 5.82 Å². The number of sulfone groups is 1.